The van der Waals surface area contributed by atoms with Gasteiger partial charge in [-0.25, -0.2) is 15.0 Å². The number of aromatic nitrogens is 3. The normalized spacial score (nSPS) is 15.5. The van der Waals surface area contributed by atoms with Crippen LogP contribution in [0.5, 0.6) is 0 Å². The lowest BCUT2D eigenvalue weighted by Crippen LogP contribution is -2.00. The molecule has 0 unspecified atom stereocenters. The van der Waals surface area contributed by atoms with Gasteiger partial charge in [0.25, 0.3) is 0 Å². The van der Waals surface area contributed by atoms with E-state index in [2.05, 4.69) is 0 Å². The van der Waals surface area contributed by atoms with E-state index < -0.39 is 60.4 Å². The Labute approximate surface area is 316 Å². The molecule has 0 aliphatic heterocycles. The smallest absolute Gasteiger partial charge is 0.164 e. The Morgan fingerprint density at radius 1 is 0.400 bits per heavy atom. The number of benzene rings is 7. The highest BCUT2D eigenvalue weighted by Crippen LogP contribution is 2.41. The highest BCUT2D eigenvalue weighted by molar-refractivity contribution is 7.26. The SMILES string of the molecule is [2H]c1c([2H])c([2H])c2c(sc3c([2H])c(-c4nc(-c5cccc(-c6ccc(-c7ccccc7)cc6)c5)nc(-c5c([2H])c([2H])c([2H])c6sc7c([2H])c([2H])c([2H])c([2H])c7c56)n4)c([2H])c([2H])c32)c1[2H]. The molecule has 0 N–H and O–H groups in total. The second-order valence-electron chi connectivity index (χ2n) is 11.4. The highest BCUT2D eigenvalue weighted by Gasteiger charge is 2.18. The third kappa shape index (κ3) is 4.98. The molecule has 0 saturated heterocycles. The van der Waals surface area contributed by atoms with Crippen molar-refractivity contribution < 1.29 is 19.2 Å². The number of nitrogens with zero attached hydrogens (tertiary/aromatic N) is 3. The van der Waals surface area contributed by atoms with E-state index in [1.807, 2.05) is 66.7 Å². The lowest BCUT2D eigenvalue weighted by molar-refractivity contribution is 1.08. The van der Waals surface area contributed by atoms with Crippen molar-refractivity contribution in [1.29, 1.82) is 0 Å². The second kappa shape index (κ2) is 11.8. The number of rotatable bonds is 5. The Kier molecular flexibility index (Phi) is 4.29. The van der Waals surface area contributed by atoms with E-state index in [1.165, 1.54) is 0 Å². The Morgan fingerprint density at radius 2 is 0.980 bits per heavy atom. The molecule has 0 amide bonds. The summed E-state index contributed by atoms with van der Waals surface area (Å²) in [6.45, 7) is 0. The zero-order valence-corrected chi connectivity index (χ0v) is 27.3. The molecule has 0 bridgehead atoms. The van der Waals surface area contributed by atoms with E-state index in [9.17, 15) is 5.48 Å². The van der Waals surface area contributed by atoms with Gasteiger partial charge in [0.2, 0.25) is 0 Å². The van der Waals surface area contributed by atoms with Gasteiger partial charge in [-0.15, -0.1) is 22.7 Å². The summed E-state index contributed by atoms with van der Waals surface area (Å²) in [5, 5.41) is 0.0823. The van der Waals surface area contributed by atoms with Crippen molar-refractivity contribution in [3.8, 4) is 56.4 Å². The zero-order valence-electron chi connectivity index (χ0n) is 39.7. The van der Waals surface area contributed by atoms with Crippen LogP contribution in [0.1, 0.15) is 19.2 Å². The molecule has 0 spiro atoms. The van der Waals surface area contributed by atoms with Crippen molar-refractivity contribution >= 4 is 63.0 Å². The minimum atomic E-state index is -0.541. The van der Waals surface area contributed by atoms with Crippen LogP contribution in [0, 0.1) is 0 Å². The van der Waals surface area contributed by atoms with Crippen LogP contribution in [0.2, 0.25) is 0 Å². The third-order valence-electron chi connectivity index (χ3n) is 8.36. The van der Waals surface area contributed by atoms with Gasteiger partial charge in [0, 0.05) is 57.0 Å². The van der Waals surface area contributed by atoms with Gasteiger partial charge in [-0.2, -0.15) is 0 Å². The summed E-state index contributed by atoms with van der Waals surface area (Å²) in [4.78, 5) is 14.4. The van der Waals surface area contributed by atoms with Crippen molar-refractivity contribution in [2.45, 2.75) is 0 Å². The van der Waals surface area contributed by atoms with Crippen molar-refractivity contribution in [3.05, 3.63) is 163 Å². The standard InChI is InChI=1S/C45H27N3S2/c1-2-10-28(11-3-1)29-20-22-30(23-21-29)31-12-8-13-32(26-31)43-46-44(33-24-25-35-34-14-4-6-17-38(34)50-41(35)27-33)48-45(47-43)37-16-9-19-40-42(37)36-15-5-7-18-39(36)49-40/h1-27H/i4D,5D,6D,7D,9D,14D,15D,16D,17D,18D,19D,24D,25D,27D. The molecule has 10 rings (SSSR count). The summed E-state index contributed by atoms with van der Waals surface area (Å²) in [6, 6.07) is 18.9. The summed E-state index contributed by atoms with van der Waals surface area (Å²) in [5.74, 6) is -0.537. The summed E-state index contributed by atoms with van der Waals surface area (Å²) in [7, 11) is 0. The van der Waals surface area contributed by atoms with Gasteiger partial charge in [0.15, 0.2) is 17.5 Å². The lowest BCUT2D eigenvalue weighted by atomic mass is 9.99. The average Bonchev–Trinajstić information content (AvgIpc) is 3.92. The van der Waals surface area contributed by atoms with Crippen molar-refractivity contribution in [1.82, 2.24) is 15.0 Å². The first-order chi connectivity index (χ1) is 30.6. The van der Waals surface area contributed by atoms with E-state index >= 15 is 0 Å². The summed E-state index contributed by atoms with van der Waals surface area (Å²) in [6.07, 6.45) is 0. The maximum atomic E-state index is 9.50. The molecule has 0 atom stereocenters. The van der Waals surface area contributed by atoms with Crippen molar-refractivity contribution in [3.63, 3.8) is 0 Å². The van der Waals surface area contributed by atoms with Gasteiger partial charge >= 0.3 is 0 Å². The quantitative estimate of drug-likeness (QED) is 0.181. The predicted octanol–water partition coefficient (Wildman–Crippen LogP) is 12.9. The van der Waals surface area contributed by atoms with Crippen LogP contribution in [0.4, 0.5) is 0 Å². The van der Waals surface area contributed by atoms with Crippen LogP contribution in [0.3, 0.4) is 0 Å². The van der Waals surface area contributed by atoms with E-state index in [-0.39, 0.29) is 93.1 Å². The van der Waals surface area contributed by atoms with Crippen LogP contribution in [0.15, 0.2) is 163 Å². The molecule has 0 saturated carbocycles. The largest absolute Gasteiger partial charge is 0.208 e. The van der Waals surface area contributed by atoms with Crippen LogP contribution >= 0.6 is 22.7 Å². The second-order valence-corrected chi connectivity index (χ2v) is 13.4. The number of hydrogen-bond donors (Lipinski definition) is 0. The molecule has 0 aliphatic carbocycles. The van der Waals surface area contributed by atoms with Crippen LogP contribution in [-0.2, 0) is 0 Å². The first-order valence-electron chi connectivity index (χ1n) is 22.5. The maximum absolute atomic E-state index is 9.50. The molecule has 0 aliphatic rings. The van der Waals surface area contributed by atoms with Gasteiger partial charge in [-0.05, 0) is 52.5 Å². The first kappa shape index (κ1) is 18.1. The Hall–Kier alpha value is -6.01. The Morgan fingerprint density at radius 3 is 1.80 bits per heavy atom. The van der Waals surface area contributed by atoms with Gasteiger partial charge in [-0.3, -0.25) is 0 Å². The van der Waals surface area contributed by atoms with Crippen molar-refractivity contribution in [2.75, 3.05) is 0 Å². The molecular weight excluding hydrogens is 647 g/mol. The minimum absolute atomic E-state index is 0.000392. The lowest BCUT2D eigenvalue weighted by Gasteiger charge is -2.11. The van der Waals surface area contributed by atoms with Crippen LogP contribution in [0.25, 0.3) is 96.8 Å². The molecule has 7 aromatic carbocycles. The van der Waals surface area contributed by atoms with E-state index in [4.69, 9.17) is 28.7 Å². The molecule has 0 fully saturated rings. The fourth-order valence-electron chi connectivity index (χ4n) is 5.99. The van der Waals surface area contributed by atoms with E-state index in [0.717, 1.165) is 44.9 Å². The molecule has 3 nitrogen and oxygen atoms in total. The van der Waals surface area contributed by atoms with Gasteiger partial charge in [-0.1, -0.05) is 133 Å². The molecule has 3 aromatic heterocycles. The summed E-state index contributed by atoms with van der Waals surface area (Å²) >= 11 is 1.77. The molecule has 10 aromatic rings. The zero-order chi connectivity index (χ0) is 45.2. The predicted molar refractivity (Wildman–Crippen MR) is 213 cm³/mol. The van der Waals surface area contributed by atoms with Gasteiger partial charge < -0.3 is 0 Å². The molecule has 3 heterocycles. The van der Waals surface area contributed by atoms with Gasteiger partial charge in [0.05, 0.1) is 19.2 Å². The number of hydrogen-bond acceptors (Lipinski definition) is 5. The maximum Gasteiger partial charge on any atom is 0.164 e. The van der Waals surface area contributed by atoms with E-state index in [0.29, 0.717) is 5.56 Å². The van der Waals surface area contributed by atoms with Crippen LogP contribution in [-0.4, -0.2) is 15.0 Å². The third-order valence-corrected chi connectivity index (χ3v) is 10.4. The molecule has 50 heavy (non-hydrogen) atoms. The molecule has 0 radical (unpaired) electrons. The first-order valence-corrected chi connectivity index (χ1v) is 17.1. The molecular formula is C45H27N3S2. The van der Waals surface area contributed by atoms with Crippen LogP contribution < -0.4 is 0 Å². The summed E-state index contributed by atoms with van der Waals surface area (Å²) in [5.41, 5.74) is 3.77. The van der Waals surface area contributed by atoms with E-state index in [1.54, 1.807) is 12.1 Å². The van der Waals surface area contributed by atoms with Crippen molar-refractivity contribution in [2.24, 2.45) is 0 Å². The Balaban J connectivity index is 1.27. The number of fused-ring (bicyclic) bond motifs is 6. The summed E-state index contributed by atoms with van der Waals surface area (Å²) < 4.78 is 124. The Bertz CT molecular complexity index is 3670. The number of thiophene rings is 2. The fourth-order valence-corrected chi connectivity index (χ4v) is 7.93. The molecule has 5 heteroatoms. The average molecular weight is 688 g/mol. The van der Waals surface area contributed by atoms with Gasteiger partial charge in [0.1, 0.15) is 0 Å². The topological polar surface area (TPSA) is 38.7 Å². The minimum Gasteiger partial charge on any atom is -0.208 e. The fraction of sp³-hybridized carbons (Fsp3) is 0. The molecule has 234 valence electrons. The monoisotopic (exact) mass is 687 g/mol. The highest BCUT2D eigenvalue weighted by atomic mass is 32.1.